The number of aliphatic hydroxyl groups is 1. The molecule has 0 aliphatic carbocycles. The molecular formula is C15H17F4NO2. The predicted octanol–water partition coefficient (Wildman–Crippen LogP) is 3.17. The van der Waals surface area contributed by atoms with E-state index >= 15 is 0 Å². The van der Waals surface area contributed by atoms with Gasteiger partial charge in [0.25, 0.3) is 0 Å². The van der Waals surface area contributed by atoms with Crippen LogP contribution in [0.3, 0.4) is 0 Å². The standard InChI is InChI=1S/C15H17F4NO2/c1-20-9-2-3-10(20)8-14(21,7-9)12-5-4-11(6-13(12)16)22-15(17,18)19/h4-6,9-10,21H,2-3,7-8H2,1H3. The Morgan fingerprint density at radius 2 is 1.82 bits per heavy atom. The summed E-state index contributed by atoms with van der Waals surface area (Å²) in [5.41, 5.74) is -1.29. The van der Waals surface area contributed by atoms with E-state index in [1.165, 1.54) is 6.07 Å². The molecule has 3 nitrogen and oxygen atoms in total. The Hall–Kier alpha value is -1.34. The molecule has 0 spiro atoms. The van der Waals surface area contributed by atoms with Gasteiger partial charge in [-0.15, -0.1) is 13.2 Å². The zero-order chi connectivity index (χ0) is 16.1. The summed E-state index contributed by atoms with van der Waals surface area (Å²) in [4.78, 5) is 2.19. The fraction of sp³-hybridized carbons (Fsp3) is 0.600. The number of benzene rings is 1. The lowest BCUT2D eigenvalue weighted by atomic mass is 9.80. The monoisotopic (exact) mass is 319 g/mol. The first-order chi connectivity index (χ1) is 10.2. The van der Waals surface area contributed by atoms with Crippen molar-refractivity contribution in [3.05, 3.63) is 29.6 Å². The highest BCUT2D eigenvalue weighted by Gasteiger charge is 2.47. The van der Waals surface area contributed by atoms with Gasteiger partial charge in [-0.25, -0.2) is 4.39 Å². The van der Waals surface area contributed by atoms with Crippen LogP contribution in [0.5, 0.6) is 5.75 Å². The number of alkyl halides is 3. The number of ether oxygens (including phenoxy) is 1. The minimum atomic E-state index is -4.86. The zero-order valence-corrected chi connectivity index (χ0v) is 12.0. The van der Waals surface area contributed by atoms with E-state index < -0.39 is 23.5 Å². The molecule has 3 rings (SSSR count). The molecule has 22 heavy (non-hydrogen) atoms. The molecule has 7 heteroatoms. The molecule has 0 amide bonds. The molecule has 122 valence electrons. The molecule has 1 aromatic rings. The van der Waals surface area contributed by atoms with E-state index in [4.69, 9.17) is 0 Å². The molecule has 0 saturated carbocycles. The van der Waals surface area contributed by atoms with Crippen LogP contribution >= 0.6 is 0 Å². The molecule has 2 saturated heterocycles. The normalized spacial score (nSPS) is 32.3. The lowest BCUT2D eigenvalue weighted by Gasteiger charge is -2.42. The van der Waals surface area contributed by atoms with Gasteiger partial charge in [0, 0.05) is 23.7 Å². The number of nitrogens with zero attached hydrogens (tertiary/aromatic N) is 1. The number of hydrogen-bond donors (Lipinski definition) is 1. The molecule has 2 aliphatic rings. The van der Waals surface area contributed by atoms with E-state index in [0.717, 1.165) is 18.9 Å². The third-order valence-electron chi connectivity index (χ3n) is 4.81. The average Bonchev–Trinajstić information content (AvgIpc) is 2.60. The first kappa shape index (κ1) is 15.6. The van der Waals surface area contributed by atoms with Crippen LogP contribution in [0.25, 0.3) is 0 Å². The van der Waals surface area contributed by atoms with Gasteiger partial charge < -0.3 is 14.7 Å². The molecular weight excluding hydrogens is 302 g/mol. The van der Waals surface area contributed by atoms with Crippen LogP contribution in [0.15, 0.2) is 18.2 Å². The van der Waals surface area contributed by atoms with Crippen molar-refractivity contribution < 1.29 is 27.4 Å². The molecule has 1 N–H and O–H groups in total. The Morgan fingerprint density at radius 1 is 1.23 bits per heavy atom. The van der Waals surface area contributed by atoms with Crippen molar-refractivity contribution in [3.63, 3.8) is 0 Å². The van der Waals surface area contributed by atoms with Crippen LogP contribution in [0.1, 0.15) is 31.2 Å². The van der Waals surface area contributed by atoms with Gasteiger partial charge in [0.2, 0.25) is 0 Å². The largest absolute Gasteiger partial charge is 0.573 e. The van der Waals surface area contributed by atoms with Crippen molar-refractivity contribution in [2.24, 2.45) is 0 Å². The summed E-state index contributed by atoms with van der Waals surface area (Å²) in [6.45, 7) is 0. The highest BCUT2D eigenvalue weighted by molar-refractivity contribution is 5.34. The molecule has 2 aliphatic heterocycles. The summed E-state index contributed by atoms with van der Waals surface area (Å²) in [5.74, 6) is -1.48. The lowest BCUT2D eigenvalue weighted by molar-refractivity contribution is -0.274. The molecule has 2 heterocycles. The second kappa shape index (κ2) is 5.09. The summed E-state index contributed by atoms with van der Waals surface area (Å²) < 4.78 is 54.4. The average molecular weight is 319 g/mol. The van der Waals surface area contributed by atoms with Crippen LogP contribution in [0.2, 0.25) is 0 Å². The molecule has 0 aromatic heterocycles. The van der Waals surface area contributed by atoms with Gasteiger partial charge in [-0.2, -0.15) is 0 Å². The first-order valence-corrected chi connectivity index (χ1v) is 7.18. The van der Waals surface area contributed by atoms with Gasteiger partial charge in [-0.3, -0.25) is 0 Å². The Balaban J connectivity index is 1.86. The van der Waals surface area contributed by atoms with Crippen LogP contribution in [0.4, 0.5) is 17.6 Å². The Labute approximate surface area is 125 Å². The van der Waals surface area contributed by atoms with E-state index in [1.54, 1.807) is 0 Å². The predicted molar refractivity (Wildman–Crippen MR) is 70.8 cm³/mol. The van der Waals surface area contributed by atoms with Crippen molar-refractivity contribution in [3.8, 4) is 5.75 Å². The topological polar surface area (TPSA) is 32.7 Å². The van der Waals surface area contributed by atoms with Crippen LogP contribution in [-0.4, -0.2) is 35.5 Å². The Bertz CT molecular complexity index is 561. The SMILES string of the molecule is CN1C2CCC1CC(O)(c1ccc(OC(F)(F)F)cc1F)C2. The van der Waals surface area contributed by atoms with Crippen molar-refractivity contribution >= 4 is 0 Å². The van der Waals surface area contributed by atoms with Gasteiger partial charge in [0.15, 0.2) is 0 Å². The smallest absolute Gasteiger partial charge is 0.406 e. The van der Waals surface area contributed by atoms with E-state index in [-0.39, 0.29) is 17.6 Å². The van der Waals surface area contributed by atoms with Gasteiger partial charge in [0.1, 0.15) is 11.6 Å². The van der Waals surface area contributed by atoms with Crippen LogP contribution in [0, 0.1) is 5.82 Å². The molecule has 0 radical (unpaired) electrons. The van der Waals surface area contributed by atoms with Crippen molar-refractivity contribution in [2.75, 3.05) is 7.05 Å². The van der Waals surface area contributed by atoms with E-state index in [0.29, 0.717) is 18.9 Å². The van der Waals surface area contributed by atoms with E-state index in [2.05, 4.69) is 9.64 Å². The molecule has 2 bridgehead atoms. The van der Waals surface area contributed by atoms with Gasteiger partial charge in [0.05, 0.1) is 5.60 Å². The van der Waals surface area contributed by atoms with Gasteiger partial charge >= 0.3 is 6.36 Å². The molecule has 2 fully saturated rings. The summed E-state index contributed by atoms with van der Waals surface area (Å²) in [5, 5.41) is 10.8. The number of piperidine rings is 1. The van der Waals surface area contributed by atoms with Gasteiger partial charge in [-0.05, 0) is 44.9 Å². The molecule has 2 unspecified atom stereocenters. The summed E-state index contributed by atoms with van der Waals surface area (Å²) in [6.07, 6.45) is -2.20. The fourth-order valence-electron chi connectivity index (χ4n) is 3.74. The second-order valence-electron chi connectivity index (χ2n) is 6.18. The van der Waals surface area contributed by atoms with Crippen molar-refractivity contribution in [2.45, 2.75) is 49.7 Å². The Kier molecular flexibility index (Phi) is 3.60. The first-order valence-electron chi connectivity index (χ1n) is 7.18. The minimum absolute atomic E-state index is 0.0482. The van der Waals surface area contributed by atoms with E-state index in [9.17, 15) is 22.7 Å². The number of halogens is 4. The number of hydrogen-bond acceptors (Lipinski definition) is 3. The van der Waals surface area contributed by atoms with E-state index in [1.807, 2.05) is 7.05 Å². The highest BCUT2D eigenvalue weighted by atomic mass is 19.4. The van der Waals surface area contributed by atoms with Crippen molar-refractivity contribution in [1.29, 1.82) is 0 Å². The second-order valence-corrected chi connectivity index (χ2v) is 6.18. The third kappa shape index (κ3) is 2.79. The maximum Gasteiger partial charge on any atom is 0.573 e. The summed E-state index contributed by atoms with van der Waals surface area (Å²) in [7, 11) is 1.98. The molecule has 2 atom stereocenters. The maximum atomic E-state index is 14.2. The fourth-order valence-corrected chi connectivity index (χ4v) is 3.74. The minimum Gasteiger partial charge on any atom is -0.406 e. The van der Waals surface area contributed by atoms with Gasteiger partial charge in [-0.1, -0.05) is 0 Å². The van der Waals surface area contributed by atoms with Crippen LogP contribution < -0.4 is 4.74 Å². The zero-order valence-electron chi connectivity index (χ0n) is 12.0. The summed E-state index contributed by atoms with van der Waals surface area (Å²) >= 11 is 0. The number of fused-ring (bicyclic) bond motifs is 2. The lowest BCUT2D eigenvalue weighted by Crippen LogP contribution is -2.48. The third-order valence-corrected chi connectivity index (χ3v) is 4.81. The maximum absolute atomic E-state index is 14.2. The molecule has 1 aromatic carbocycles. The quantitative estimate of drug-likeness (QED) is 0.850. The Morgan fingerprint density at radius 3 is 2.32 bits per heavy atom. The highest BCUT2D eigenvalue weighted by Crippen LogP contribution is 2.45. The summed E-state index contributed by atoms with van der Waals surface area (Å²) in [6, 6.07) is 3.27. The van der Waals surface area contributed by atoms with Crippen molar-refractivity contribution in [1.82, 2.24) is 4.90 Å². The van der Waals surface area contributed by atoms with Crippen LogP contribution in [-0.2, 0) is 5.60 Å². The number of rotatable bonds is 2.